The first-order chi connectivity index (χ1) is 16.6. The third kappa shape index (κ3) is 4.82. The lowest BCUT2D eigenvalue weighted by atomic mass is 10.2. The molecule has 176 valence electrons. The third-order valence-electron chi connectivity index (χ3n) is 6.58. The lowest BCUT2D eigenvalue weighted by Crippen LogP contribution is -2.51. The second kappa shape index (κ2) is 9.93. The van der Waals surface area contributed by atoms with E-state index in [1.165, 1.54) is 18.5 Å². The van der Waals surface area contributed by atoms with Crippen molar-refractivity contribution in [3.8, 4) is 0 Å². The zero-order valence-corrected chi connectivity index (χ0v) is 19.9. The van der Waals surface area contributed by atoms with Gasteiger partial charge >= 0.3 is 0 Å². The normalized spacial score (nSPS) is 20.1. The highest BCUT2D eigenvalue weighted by Gasteiger charge is 2.37. The van der Waals surface area contributed by atoms with Crippen molar-refractivity contribution in [1.82, 2.24) is 9.80 Å². The van der Waals surface area contributed by atoms with Gasteiger partial charge < -0.3 is 14.7 Å². The summed E-state index contributed by atoms with van der Waals surface area (Å²) in [4.78, 5) is 46.0. The number of thioether (sulfide) groups is 1. The van der Waals surface area contributed by atoms with Gasteiger partial charge in [-0.25, -0.2) is 0 Å². The van der Waals surface area contributed by atoms with Gasteiger partial charge in [0.25, 0.3) is 11.1 Å². The SMILES string of the molecule is O=C(CN1C(=O)SC(=Cc2ccc(N3CCCC3)cc2)C1=O)N1CCN(c2ccccc2)CC1. The number of anilines is 2. The minimum absolute atomic E-state index is 0.189. The van der Waals surface area contributed by atoms with Gasteiger partial charge in [-0.1, -0.05) is 30.3 Å². The number of carbonyl (C=O) groups is 3. The molecule has 8 heteroatoms. The first kappa shape index (κ1) is 22.5. The van der Waals surface area contributed by atoms with Crippen LogP contribution in [0.3, 0.4) is 0 Å². The summed E-state index contributed by atoms with van der Waals surface area (Å²) in [6.07, 6.45) is 4.18. The molecule has 3 fully saturated rings. The van der Waals surface area contributed by atoms with Gasteiger partial charge in [0, 0.05) is 50.6 Å². The summed E-state index contributed by atoms with van der Waals surface area (Å²) >= 11 is 0.902. The molecule has 34 heavy (non-hydrogen) atoms. The molecule has 7 nitrogen and oxygen atoms in total. The van der Waals surface area contributed by atoms with E-state index in [-0.39, 0.29) is 17.7 Å². The van der Waals surface area contributed by atoms with E-state index in [1.54, 1.807) is 11.0 Å². The maximum absolute atomic E-state index is 12.9. The average molecular weight is 477 g/mol. The fourth-order valence-electron chi connectivity index (χ4n) is 4.63. The molecule has 2 aromatic rings. The smallest absolute Gasteiger partial charge is 0.294 e. The van der Waals surface area contributed by atoms with Crippen LogP contribution in [0.2, 0.25) is 0 Å². The van der Waals surface area contributed by atoms with Gasteiger partial charge in [-0.3, -0.25) is 19.3 Å². The summed E-state index contributed by atoms with van der Waals surface area (Å²) in [5.74, 6) is -0.582. The Morgan fingerprint density at radius 2 is 1.41 bits per heavy atom. The fourth-order valence-corrected chi connectivity index (χ4v) is 5.47. The summed E-state index contributed by atoms with van der Waals surface area (Å²) in [6, 6.07) is 18.2. The Labute approximate surface area is 204 Å². The Bertz CT molecular complexity index is 1090. The monoisotopic (exact) mass is 476 g/mol. The van der Waals surface area contributed by atoms with Gasteiger partial charge in [0.15, 0.2) is 0 Å². The molecule has 3 aliphatic heterocycles. The van der Waals surface area contributed by atoms with Crippen molar-refractivity contribution < 1.29 is 14.4 Å². The molecule has 3 amide bonds. The number of para-hydroxylation sites is 1. The Morgan fingerprint density at radius 3 is 2.09 bits per heavy atom. The van der Waals surface area contributed by atoms with Crippen LogP contribution in [0.25, 0.3) is 6.08 Å². The molecule has 3 heterocycles. The van der Waals surface area contributed by atoms with Crippen LogP contribution in [0.15, 0.2) is 59.5 Å². The van der Waals surface area contributed by atoms with E-state index < -0.39 is 5.91 Å². The van der Waals surface area contributed by atoms with Gasteiger partial charge in [-0.2, -0.15) is 0 Å². The van der Waals surface area contributed by atoms with E-state index in [4.69, 9.17) is 0 Å². The van der Waals surface area contributed by atoms with E-state index in [9.17, 15) is 14.4 Å². The summed E-state index contributed by atoms with van der Waals surface area (Å²) in [5, 5.41) is -0.388. The number of hydrogen-bond acceptors (Lipinski definition) is 6. The molecular formula is C26H28N4O3S. The molecule has 3 aliphatic rings. The van der Waals surface area contributed by atoms with Gasteiger partial charge in [0.05, 0.1) is 4.91 Å². The standard InChI is InChI=1S/C26H28N4O3S/c31-24(29-16-14-28(15-17-29)21-6-2-1-3-7-21)19-30-25(32)23(34-26(30)33)18-20-8-10-22(11-9-20)27-12-4-5-13-27/h1-3,6-11,18H,4-5,12-17,19H2. The number of rotatable bonds is 5. The molecule has 0 aromatic heterocycles. The van der Waals surface area contributed by atoms with E-state index in [1.807, 2.05) is 30.3 Å². The molecule has 0 radical (unpaired) electrons. The van der Waals surface area contributed by atoms with E-state index in [0.717, 1.165) is 54.1 Å². The lowest BCUT2D eigenvalue weighted by molar-refractivity contribution is -0.136. The number of benzene rings is 2. The first-order valence-corrected chi connectivity index (χ1v) is 12.6. The fraction of sp³-hybridized carbons (Fsp3) is 0.346. The molecule has 0 atom stereocenters. The van der Waals surface area contributed by atoms with Crippen LogP contribution < -0.4 is 9.80 Å². The summed E-state index contributed by atoms with van der Waals surface area (Å²) in [6.45, 7) is 4.55. The molecule has 2 aromatic carbocycles. The summed E-state index contributed by atoms with van der Waals surface area (Å²) in [7, 11) is 0. The molecule has 0 N–H and O–H groups in total. The average Bonchev–Trinajstić information content (AvgIpc) is 3.50. The van der Waals surface area contributed by atoms with Crippen LogP contribution >= 0.6 is 11.8 Å². The second-order valence-corrected chi connectivity index (χ2v) is 9.75. The maximum Gasteiger partial charge on any atom is 0.294 e. The molecule has 3 saturated heterocycles. The van der Waals surface area contributed by atoms with Crippen molar-refractivity contribution >= 4 is 46.3 Å². The van der Waals surface area contributed by atoms with Crippen LogP contribution in [0.5, 0.6) is 0 Å². The van der Waals surface area contributed by atoms with E-state index in [0.29, 0.717) is 18.0 Å². The second-order valence-electron chi connectivity index (χ2n) is 8.76. The molecule has 0 saturated carbocycles. The number of amides is 3. The van der Waals surface area contributed by atoms with Crippen molar-refractivity contribution in [3.05, 3.63) is 65.1 Å². The molecule has 0 spiro atoms. The Kier molecular flexibility index (Phi) is 6.58. The summed E-state index contributed by atoms with van der Waals surface area (Å²) in [5.41, 5.74) is 3.19. The topological polar surface area (TPSA) is 64.2 Å². The van der Waals surface area contributed by atoms with Crippen LogP contribution in [-0.4, -0.2) is 72.7 Å². The Hall–Kier alpha value is -3.26. The zero-order chi connectivity index (χ0) is 23.5. The van der Waals surface area contributed by atoms with Crippen molar-refractivity contribution in [2.24, 2.45) is 0 Å². The highest BCUT2D eigenvalue weighted by Crippen LogP contribution is 2.32. The largest absolute Gasteiger partial charge is 0.372 e. The van der Waals surface area contributed by atoms with Crippen LogP contribution in [-0.2, 0) is 9.59 Å². The molecular weight excluding hydrogens is 448 g/mol. The predicted molar refractivity (Wildman–Crippen MR) is 136 cm³/mol. The number of hydrogen-bond donors (Lipinski definition) is 0. The Balaban J connectivity index is 1.18. The Morgan fingerprint density at radius 1 is 0.794 bits per heavy atom. The van der Waals surface area contributed by atoms with E-state index in [2.05, 4.69) is 34.1 Å². The highest BCUT2D eigenvalue weighted by atomic mass is 32.2. The van der Waals surface area contributed by atoms with Crippen LogP contribution in [0, 0.1) is 0 Å². The van der Waals surface area contributed by atoms with Gasteiger partial charge in [-0.05, 0) is 60.5 Å². The quantitative estimate of drug-likeness (QED) is 0.614. The van der Waals surface area contributed by atoms with Crippen LogP contribution in [0.1, 0.15) is 18.4 Å². The zero-order valence-electron chi connectivity index (χ0n) is 19.1. The van der Waals surface area contributed by atoms with Crippen molar-refractivity contribution in [1.29, 1.82) is 0 Å². The van der Waals surface area contributed by atoms with Crippen LogP contribution in [0.4, 0.5) is 16.2 Å². The number of carbonyl (C=O) groups excluding carboxylic acids is 3. The van der Waals surface area contributed by atoms with Crippen molar-refractivity contribution in [3.63, 3.8) is 0 Å². The minimum atomic E-state index is -0.394. The molecule has 0 unspecified atom stereocenters. The summed E-state index contributed by atoms with van der Waals surface area (Å²) < 4.78 is 0. The van der Waals surface area contributed by atoms with Gasteiger partial charge in [0.1, 0.15) is 6.54 Å². The van der Waals surface area contributed by atoms with E-state index >= 15 is 0 Å². The van der Waals surface area contributed by atoms with Gasteiger partial charge in [-0.15, -0.1) is 0 Å². The number of imide groups is 1. The highest BCUT2D eigenvalue weighted by molar-refractivity contribution is 8.18. The minimum Gasteiger partial charge on any atom is -0.372 e. The molecule has 0 bridgehead atoms. The van der Waals surface area contributed by atoms with Crippen molar-refractivity contribution in [2.45, 2.75) is 12.8 Å². The van der Waals surface area contributed by atoms with Gasteiger partial charge in [0.2, 0.25) is 5.91 Å². The lowest BCUT2D eigenvalue weighted by Gasteiger charge is -2.36. The molecule has 5 rings (SSSR count). The number of piperazine rings is 1. The molecule has 0 aliphatic carbocycles. The van der Waals surface area contributed by atoms with Crippen molar-refractivity contribution in [2.75, 3.05) is 55.6 Å². The third-order valence-corrected chi connectivity index (χ3v) is 7.49. The number of nitrogens with zero attached hydrogens (tertiary/aromatic N) is 4. The predicted octanol–water partition coefficient (Wildman–Crippen LogP) is 3.67. The first-order valence-electron chi connectivity index (χ1n) is 11.8. The maximum atomic E-state index is 12.9.